The highest BCUT2D eigenvalue weighted by molar-refractivity contribution is 6.30. The lowest BCUT2D eigenvalue weighted by Crippen LogP contribution is -2.59. The van der Waals surface area contributed by atoms with Crippen molar-refractivity contribution in [3.05, 3.63) is 46.5 Å². The summed E-state index contributed by atoms with van der Waals surface area (Å²) in [5.74, 6) is -0.327. The predicted octanol–water partition coefficient (Wildman–Crippen LogP) is 5.07. The lowest BCUT2D eigenvalue weighted by Gasteiger charge is -2.46. The Balaban J connectivity index is 1.71. The molecule has 1 aliphatic heterocycles. The van der Waals surface area contributed by atoms with E-state index < -0.39 is 17.6 Å². The maximum atomic E-state index is 13.6. The Labute approximate surface area is 203 Å². The summed E-state index contributed by atoms with van der Waals surface area (Å²) < 4.78 is 0. The number of carbonyl (C=O) groups excluding carboxylic acids is 2. The van der Waals surface area contributed by atoms with Crippen molar-refractivity contribution in [1.82, 2.24) is 10.2 Å². The van der Waals surface area contributed by atoms with E-state index in [2.05, 4.69) is 31.3 Å². The fourth-order valence-electron chi connectivity index (χ4n) is 5.28. The molecule has 0 spiro atoms. The monoisotopic (exact) mass is 474 g/mol. The molecule has 2 N–H and O–H groups in total. The van der Waals surface area contributed by atoms with Crippen molar-refractivity contribution < 1.29 is 14.7 Å². The fourth-order valence-corrected chi connectivity index (χ4v) is 5.40. The van der Waals surface area contributed by atoms with Crippen molar-refractivity contribution in [2.45, 2.75) is 84.3 Å². The van der Waals surface area contributed by atoms with Gasteiger partial charge in [0.1, 0.15) is 6.04 Å². The van der Waals surface area contributed by atoms with Crippen LogP contribution in [-0.4, -0.2) is 46.6 Å². The van der Waals surface area contributed by atoms with E-state index in [4.69, 9.17) is 11.6 Å². The Kier molecular flexibility index (Phi) is 7.95. The van der Waals surface area contributed by atoms with Crippen molar-refractivity contribution in [2.75, 3.05) is 13.1 Å². The lowest BCUT2D eigenvalue weighted by atomic mass is 9.70. The van der Waals surface area contributed by atoms with E-state index in [9.17, 15) is 14.7 Å². The summed E-state index contributed by atoms with van der Waals surface area (Å²) in [5, 5.41) is 14.6. The van der Waals surface area contributed by atoms with Gasteiger partial charge in [-0.25, -0.2) is 0 Å². The molecular weight excluding hydrogens is 436 g/mol. The molecule has 1 fully saturated rings. The summed E-state index contributed by atoms with van der Waals surface area (Å²) in [4.78, 5) is 28.5. The molecule has 0 aromatic heterocycles. The highest BCUT2D eigenvalue weighted by Gasteiger charge is 2.42. The van der Waals surface area contributed by atoms with Gasteiger partial charge >= 0.3 is 0 Å². The van der Waals surface area contributed by atoms with Gasteiger partial charge in [-0.1, -0.05) is 57.5 Å². The highest BCUT2D eigenvalue weighted by atomic mass is 35.5. The Morgan fingerprint density at radius 2 is 1.88 bits per heavy atom. The smallest absolute Gasteiger partial charge is 0.256 e. The van der Waals surface area contributed by atoms with Gasteiger partial charge in [-0.05, 0) is 79.5 Å². The number of halogens is 1. The molecule has 1 aromatic rings. The van der Waals surface area contributed by atoms with Crippen LogP contribution in [0.2, 0.25) is 5.02 Å². The van der Waals surface area contributed by atoms with E-state index in [1.54, 1.807) is 6.92 Å². The first-order valence-electron chi connectivity index (χ1n) is 12.2. The average molecular weight is 475 g/mol. The number of benzene rings is 1. The lowest BCUT2D eigenvalue weighted by molar-refractivity contribution is -0.144. The van der Waals surface area contributed by atoms with Crippen molar-refractivity contribution in [2.24, 2.45) is 11.3 Å². The molecule has 1 aliphatic carbocycles. The number of hydrogen-bond acceptors (Lipinski definition) is 3. The molecule has 182 valence electrons. The number of amides is 2. The van der Waals surface area contributed by atoms with Crippen LogP contribution in [0.25, 0.3) is 0 Å². The first-order valence-corrected chi connectivity index (χ1v) is 12.6. The maximum absolute atomic E-state index is 13.6. The molecule has 2 aliphatic rings. The molecule has 1 unspecified atom stereocenters. The van der Waals surface area contributed by atoms with Gasteiger partial charge < -0.3 is 15.3 Å². The molecule has 6 heteroatoms. The molecule has 1 saturated heterocycles. The Hall–Kier alpha value is -1.85. The molecule has 2 amide bonds. The third-order valence-corrected chi connectivity index (χ3v) is 7.64. The van der Waals surface area contributed by atoms with Gasteiger partial charge in [0, 0.05) is 18.1 Å². The minimum absolute atomic E-state index is 0.0746. The summed E-state index contributed by atoms with van der Waals surface area (Å²) in [7, 11) is 0. The van der Waals surface area contributed by atoms with Crippen molar-refractivity contribution >= 4 is 23.4 Å². The van der Waals surface area contributed by atoms with Gasteiger partial charge in [-0.3, -0.25) is 9.59 Å². The molecule has 3 atom stereocenters. The van der Waals surface area contributed by atoms with E-state index in [1.807, 2.05) is 37.0 Å². The normalized spacial score (nSPS) is 23.5. The third kappa shape index (κ3) is 5.81. The zero-order valence-electron chi connectivity index (χ0n) is 20.7. The molecule has 5 nitrogen and oxygen atoms in total. The maximum Gasteiger partial charge on any atom is 0.256 e. The largest absolute Gasteiger partial charge is 0.376 e. The molecule has 3 rings (SSSR count). The predicted molar refractivity (Wildman–Crippen MR) is 133 cm³/mol. The van der Waals surface area contributed by atoms with E-state index >= 15 is 0 Å². The molecule has 1 heterocycles. The third-order valence-electron chi connectivity index (χ3n) is 7.39. The van der Waals surface area contributed by atoms with Gasteiger partial charge in [0.2, 0.25) is 5.91 Å². The van der Waals surface area contributed by atoms with Crippen LogP contribution < -0.4 is 5.32 Å². The molecule has 1 aromatic carbocycles. The number of carbonyl (C=O) groups is 2. The Morgan fingerprint density at radius 1 is 1.21 bits per heavy atom. The molecule has 0 saturated carbocycles. The van der Waals surface area contributed by atoms with Crippen LogP contribution in [0.1, 0.15) is 78.2 Å². The second-order valence-corrected chi connectivity index (χ2v) is 11.3. The van der Waals surface area contributed by atoms with Gasteiger partial charge in [0.05, 0.1) is 0 Å². The van der Waals surface area contributed by atoms with E-state index in [1.165, 1.54) is 5.56 Å². The van der Waals surface area contributed by atoms with Crippen LogP contribution in [0.5, 0.6) is 0 Å². The van der Waals surface area contributed by atoms with E-state index in [0.29, 0.717) is 25.4 Å². The van der Waals surface area contributed by atoms with Crippen molar-refractivity contribution in [1.29, 1.82) is 0 Å². The summed E-state index contributed by atoms with van der Waals surface area (Å²) in [6.07, 6.45) is 6.47. The number of likely N-dealkylation sites (tertiary alicyclic amines) is 1. The van der Waals surface area contributed by atoms with Crippen LogP contribution in [0.15, 0.2) is 35.9 Å². The number of nitrogens with one attached hydrogen (secondary N) is 1. The van der Waals surface area contributed by atoms with E-state index in [0.717, 1.165) is 36.3 Å². The van der Waals surface area contributed by atoms with E-state index in [-0.39, 0.29) is 17.2 Å². The zero-order valence-corrected chi connectivity index (χ0v) is 21.4. The van der Waals surface area contributed by atoms with Crippen LogP contribution in [-0.2, 0) is 9.59 Å². The van der Waals surface area contributed by atoms with Crippen LogP contribution in [0.4, 0.5) is 0 Å². The SMILES string of the molecule is CC(C)[C@@H](NC(=O)C(C)(O)C1=CCCCC1)C(=O)N1CC[C@H](c2ccc(Cl)cc2)C(C)(C)C1. The second-order valence-electron chi connectivity index (χ2n) is 10.9. The Morgan fingerprint density at radius 3 is 2.42 bits per heavy atom. The number of aliphatic hydroxyl groups is 1. The topological polar surface area (TPSA) is 69.6 Å². The minimum atomic E-state index is -1.59. The molecular formula is C27H39ClN2O3. The zero-order chi connectivity index (χ0) is 24.4. The quantitative estimate of drug-likeness (QED) is 0.565. The van der Waals surface area contributed by atoms with Gasteiger partial charge in [0.25, 0.3) is 5.91 Å². The standard InChI is InChI=1S/C27H39ClN2O3/c1-18(2)23(29-25(32)27(5,33)20-9-7-6-8-10-20)24(31)30-16-15-22(26(3,4)17-30)19-11-13-21(28)14-12-19/h9,11-14,18,22-23,33H,6-8,10,15-17H2,1-5H3,(H,29,32)/t22-,23-,27?/m1/s1. The second kappa shape index (κ2) is 10.2. The fraction of sp³-hybridized carbons (Fsp3) is 0.630. The first kappa shape index (κ1) is 25.8. The number of allylic oxidation sites excluding steroid dienone is 1. The first-order chi connectivity index (χ1) is 15.4. The van der Waals surface area contributed by atoms with Crippen LogP contribution >= 0.6 is 11.6 Å². The summed E-state index contributed by atoms with van der Waals surface area (Å²) in [5.41, 5.74) is 0.286. The molecule has 0 radical (unpaired) electrons. The van der Waals surface area contributed by atoms with Gasteiger partial charge in [0.15, 0.2) is 5.60 Å². The van der Waals surface area contributed by atoms with Crippen molar-refractivity contribution in [3.63, 3.8) is 0 Å². The van der Waals surface area contributed by atoms with Crippen LogP contribution in [0.3, 0.4) is 0 Å². The van der Waals surface area contributed by atoms with Gasteiger partial charge in [-0.15, -0.1) is 0 Å². The number of nitrogens with zero attached hydrogens (tertiary/aromatic N) is 1. The summed E-state index contributed by atoms with van der Waals surface area (Å²) in [6, 6.07) is 7.32. The minimum Gasteiger partial charge on any atom is -0.376 e. The molecule has 33 heavy (non-hydrogen) atoms. The average Bonchev–Trinajstić information content (AvgIpc) is 2.77. The number of hydrogen-bond donors (Lipinski definition) is 2. The number of piperidine rings is 1. The highest BCUT2D eigenvalue weighted by Crippen LogP contribution is 2.42. The van der Waals surface area contributed by atoms with Crippen molar-refractivity contribution in [3.8, 4) is 0 Å². The summed E-state index contributed by atoms with van der Waals surface area (Å²) >= 11 is 6.07. The van der Waals surface area contributed by atoms with Crippen LogP contribution in [0, 0.1) is 11.3 Å². The van der Waals surface area contributed by atoms with Gasteiger partial charge in [-0.2, -0.15) is 0 Å². The number of rotatable bonds is 6. The summed E-state index contributed by atoms with van der Waals surface area (Å²) in [6.45, 7) is 11.0. The molecule has 0 bridgehead atoms. The Bertz CT molecular complexity index is 889.